The van der Waals surface area contributed by atoms with Gasteiger partial charge in [-0.1, -0.05) is 60.7 Å². The number of nitro groups is 1. The molecule has 0 N–H and O–H groups in total. The third-order valence-corrected chi connectivity index (χ3v) is 5.11. The number of esters is 1. The van der Waals surface area contributed by atoms with Gasteiger partial charge in [0.25, 0.3) is 0 Å². The Kier molecular flexibility index (Phi) is 8.29. The number of rotatable bonds is 10. The number of nitrogens with zero attached hydrogens (tertiary/aromatic N) is 1. The number of hydrogen-bond acceptors (Lipinski definition) is 8. The van der Waals surface area contributed by atoms with Crippen molar-refractivity contribution in [2.24, 2.45) is 0 Å². The molecule has 1 aliphatic heterocycles. The minimum absolute atomic E-state index is 0.133. The van der Waals surface area contributed by atoms with E-state index in [1.807, 2.05) is 60.7 Å². The van der Waals surface area contributed by atoms with Gasteiger partial charge in [-0.2, -0.15) is 0 Å². The lowest BCUT2D eigenvalue weighted by Crippen LogP contribution is -2.67. The molecule has 1 saturated heterocycles. The van der Waals surface area contributed by atoms with E-state index in [2.05, 4.69) is 0 Å². The average molecular weight is 445 g/mol. The van der Waals surface area contributed by atoms with Crippen LogP contribution in [0.2, 0.25) is 0 Å². The Morgan fingerprint density at radius 3 is 2.12 bits per heavy atom. The minimum atomic E-state index is -1.68. The van der Waals surface area contributed by atoms with Gasteiger partial charge in [-0.25, -0.2) is 0 Å². The first-order chi connectivity index (χ1) is 15.4. The molecule has 4 atom stereocenters. The summed E-state index contributed by atoms with van der Waals surface area (Å²) in [5.41, 5.74) is 0.0650. The second kappa shape index (κ2) is 11.1. The fourth-order valence-electron chi connectivity index (χ4n) is 3.74. The molecule has 0 spiro atoms. The summed E-state index contributed by atoms with van der Waals surface area (Å²) in [6, 6.07) is 18.8. The van der Waals surface area contributed by atoms with Crippen LogP contribution in [0.4, 0.5) is 0 Å². The van der Waals surface area contributed by atoms with Crippen LogP contribution in [0.25, 0.3) is 0 Å². The van der Waals surface area contributed by atoms with Crippen molar-refractivity contribution in [3.63, 3.8) is 0 Å². The zero-order chi connectivity index (χ0) is 23.0. The van der Waals surface area contributed by atoms with Gasteiger partial charge in [0.2, 0.25) is 12.1 Å². The Labute approximate surface area is 186 Å². The van der Waals surface area contributed by atoms with Gasteiger partial charge in [-0.15, -0.1) is 0 Å². The van der Waals surface area contributed by atoms with E-state index >= 15 is 0 Å². The molecule has 9 nitrogen and oxygen atoms in total. The lowest BCUT2D eigenvalue weighted by Gasteiger charge is -2.46. The summed E-state index contributed by atoms with van der Waals surface area (Å²) in [6.45, 7) is 0.547. The summed E-state index contributed by atoms with van der Waals surface area (Å²) in [5.74, 6) is -0.679. The quantitative estimate of drug-likeness (QED) is 0.312. The van der Waals surface area contributed by atoms with Crippen molar-refractivity contribution in [2.75, 3.05) is 20.3 Å². The number of hydrogen-bond donors (Lipinski definition) is 0. The van der Waals surface area contributed by atoms with Crippen molar-refractivity contribution in [3.8, 4) is 0 Å². The first kappa shape index (κ1) is 23.8. The lowest BCUT2D eigenvalue weighted by molar-refractivity contribution is -0.512. The molecule has 1 heterocycles. The third-order valence-electron chi connectivity index (χ3n) is 5.11. The molecule has 9 heteroatoms. The molecule has 0 saturated carbocycles. The molecule has 0 radical (unpaired) electrons. The van der Waals surface area contributed by atoms with E-state index in [-0.39, 0.29) is 19.8 Å². The summed E-state index contributed by atoms with van der Waals surface area (Å²) < 4.78 is 28.9. The van der Waals surface area contributed by atoms with Crippen LogP contribution >= 0.6 is 0 Å². The highest BCUT2D eigenvalue weighted by Crippen LogP contribution is 2.34. The van der Waals surface area contributed by atoms with E-state index in [0.717, 1.165) is 11.1 Å². The molecule has 2 aromatic carbocycles. The van der Waals surface area contributed by atoms with Gasteiger partial charge < -0.3 is 23.7 Å². The van der Waals surface area contributed by atoms with Gasteiger partial charge in [0, 0.05) is 19.0 Å². The predicted octanol–water partition coefficient (Wildman–Crippen LogP) is 2.74. The van der Waals surface area contributed by atoms with Crippen molar-refractivity contribution in [1.29, 1.82) is 0 Å². The van der Waals surface area contributed by atoms with E-state index < -0.39 is 41.5 Å². The molecule has 1 fully saturated rings. The second-order valence-corrected chi connectivity index (χ2v) is 7.54. The normalized spacial score (nSPS) is 25.2. The molecule has 1 aliphatic rings. The van der Waals surface area contributed by atoms with Crippen molar-refractivity contribution >= 4 is 5.97 Å². The Bertz CT molecular complexity index is 860. The molecule has 0 aliphatic carbocycles. The van der Waals surface area contributed by atoms with E-state index in [9.17, 15) is 14.9 Å². The maximum absolute atomic E-state index is 11.9. The van der Waals surface area contributed by atoms with Gasteiger partial charge in [-0.3, -0.25) is 14.9 Å². The number of ether oxygens (including phenoxy) is 5. The van der Waals surface area contributed by atoms with E-state index in [1.54, 1.807) is 0 Å². The Balaban J connectivity index is 1.92. The lowest BCUT2D eigenvalue weighted by atomic mass is 9.89. The fraction of sp³-hybridized carbons (Fsp3) is 0.435. The number of carbonyl (C=O) groups excluding carboxylic acids is 1. The first-order valence-corrected chi connectivity index (χ1v) is 10.2. The maximum atomic E-state index is 11.9. The monoisotopic (exact) mass is 445 g/mol. The zero-order valence-corrected chi connectivity index (χ0v) is 18.0. The van der Waals surface area contributed by atoms with Crippen LogP contribution in [0.15, 0.2) is 60.7 Å². The number of benzene rings is 2. The van der Waals surface area contributed by atoms with Crippen LogP contribution in [0, 0.1) is 10.1 Å². The average Bonchev–Trinajstić information content (AvgIpc) is 2.77. The molecule has 32 heavy (non-hydrogen) atoms. The van der Waals surface area contributed by atoms with Crippen LogP contribution in [0.3, 0.4) is 0 Å². The number of carbonyl (C=O) groups is 1. The standard InChI is InChI=1S/C23H27NO8/c1-17(25)32-23(15-24(26)27)16-31-22(28-2)20(29-13-18-9-5-3-6-10-18)21(23)30-14-19-11-7-4-8-12-19/h3-12,20-22H,13-16H2,1-2H3/t20-,21-,22+,23+/m0/s1. The molecule has 0 aromatic heterocycles. The smallest absolute Gasteiger partial charge is 0.303 e. The highest BCUT2D eigenvalue weighted by molar-refractivity contribution is 5.66. The van der Waals surface area contributed by atoms with Crippen molar-refractivity contribution in [1.82, 2.24) is 0 Å². The van der Waals surface area contributed by atoms with Crippen LogP contribution in [-0.4, -0.2) is 55.3 Å². The summed E-state index contributed by atoms with van der Waals surface area (Å²) in [5, 5.41) is 11.5. The second-order valence-electron chi connectivity index (χ2n) is 7.54. The SMILES string of the molecule is CO[C@@H]1OC[C@@](C[N+](=O)[O-])(OC(C)=O)[C@@H](OCc2ccccc2)[C@@H]1OCc1ccccc1. The van der Waals surface area contributed by atoms with Crippen molar-refractivity contribution in [2.45, 2.75) is 44.2 Å². The Morgan fingerprint density at radius 2 is 1.62 bits per heavy atom. The fourth-order valence-corrected chi connectivity index (χ4v) is 3.74. The van der Waals surface area contributed by atoms with E-state index in [1.165, 1.54) is 14.0 Å². The van der Waals surface area contributed by atoms with Crippen LogP contribution in [-0.2, 0) is 41.7 Å². The topological polar surface area (TPSA) is 106 Å². The molecular weight excluding hydrogens is 418 g/mol. The highest BCUT2D eigenvalue weighted by atomic mass is 16.7. The summed E-state index contributed by atoms with van der Waals surface area (Å²) >= 11 is 0. The molecule has 0 bridgehead atoms. The third kappa shape index (κ3) is 6.10. The zero-order valence-electron chi connectivity index (χ0n) is 18.0. The summed E-state index contributed by atoms with van der Waals surface area (Å²) in [6.07, 6.45) is -2.77. The Morgan fingerprint density at radius 1 is 1.06 bits per heavy atom. The maximum Gasteiger partial charge on any atom is 0.303 e. The van der Waals surface area contributed by atoms with E-state index in [0.29, 0.717) is 0 Å². The van der Waals surface area contributed by atoms with Crippen molar-refractivity contribution in [3.05, 3.63) is 81.9 Å². The van der Waals surface area contributed by atoms with E-state index in [4.69, 9.17) is 23.7 Å². The van der Waals surface area contributed by atoms with Crippen molar-refractivity contribution < 1.29 is 33.4 Å². The minimum Gasteiger partial charge on any atom is -0.447 e. The van der Waals surface area contributed by atoms with Crippen LogP contribution in [0.5, 0.6) is 0 Å². The summed E-state index contributed by atoms with van der Waals surface area (Å²) in [4.78, 5) is 22.9. The van der Waals surface area contributed by atoms with Gasteiger partial charge in [0.1, 0.15) is 12.2 Å². The summed E-state index contributed by atoms with van der Waals surface area (Å²) in [7, 11) is 1.45. The van der Waals surface area contributed by atoms with Gasteiger partial charge in [0.05, 0.1) is 19.8 Å². The van der Waals surface area contributed by atoms with Gasteiger partial charge in [0.15, 0.2) is 6.29 Å². The molecular formula is C23H27NO8. The first-order valence-electron chi connectivity index (χ1n) is 10.2. The van der Waals surface area contributed by atoms with Gasteiger partial charge in [-0.05, 0) is 11.1 Å². The molecule has 2 aromatic rings. The van der Waals surface area contributed by atoms with Crippen LogP contribution < -0.4 is 0 Å². The molecule has 3 rings (SSSR count). The van der Waals surface area contributed by atoms with Crippen LogP contribution in [0.1, 0.15) is 18.1 Å². The largest absolute Gasteiger partial charge is 0.447 e. The molecule has 172 valence electrons. The predicted molar refractivity (Wildman–Crippen MR) is 113 cm³/mol. The molecule has 0 unspecified atom stereocenters. The Hall–Kier alpha value is -2.85. The van der Waals surface area contributed by atoms with Gasteiger partial charge >= 0.3 is 5.97 Å². The molecule has 0 amide bonds. The highest BCUT2D eigenvalue weighted by Gasteiger charge is 2.58. The number of methoxy groups -OCH3 is 1.